The highest BCUT2D eigenvalue weighted by molar-refractivity contribution is 5.94. The molecule has 0 aliphatic carbocycles. The molecule has 7 nitrogen and oxygen atoms in total. The second-order valence-corrected chi connectivity index (χ2v) is 6.81. The first-order valence-corrected chi connectivity index (χ1v) is 9.73. The van der Waals surface area contributed by atoms with Crippen molar-refractivity contribution < 1.29 is 4.79 Å². The van der Waals surface area contributed by atoms with Crippen LogP contribution in [0.5, 0.6) is 0 Å². The van der Waals surface area contributed by atoms with Crippen LogP contribution in [-0.4, -0.2) is 40.2 Å². The molecule has 146 valence electrons. The van der Waals surface area contributed by atoms with Crippen molar-refractivity contribution in [1.29, 1.82) is 0 Å². The number of hydrogen-bond acceptors (Lipinski definition) is 6. The first kappa shape index (κ1) is 18.7. The highest BCUT2D eigenvalue weighted by atomic mass is 16.2. The summed E-state index contributed by atoms with van der Waals surface area (Å²) in [6.07, 6.45) is 6.60. The molecule has 3 aromatic rings. The number of benzene rings is 1. The number of aromatic nitrogens is 3. The lowest BCUT2D eigenvalue weighted by Crippen LogP contribution is -2.32. The lowest BCUT2D eigenvalue weighted by molar-refractivity contribution is 0.0950. The van der Waals surface area contributed by atoms with Crippen molar-refractivity contribution in [1.82, 2.24) is 20.4 Å². The van der Waals surface area contributed by atoms with E-state index in [0.29, 0.717) is 11.6 Å². The van der Waals surface area contributed by atoms with Crippen LogP contribution in [-0.2, 0) is 0 Å². The number of pyridine rings is 1. The zero-order valence-corrected chi connectivity index (χ0v) is 16.0. The number of hydrogen-bond donors (Lipinski definition) is 1. The number of anilines is 1. The van der Waals surface area contributed by atoms with Crippen LogP contribution in [0.1, 0.15) is 35.4 Å². The summed E-state index contributed by atoms with van der Waals surface area (Å²) in [7, 11) is 0. The summed E-state index contributed by atoms with van der Waals surface area (Å²) in [4.78, 5) is 28.2. The molecule has 1 N–H and O–H groups in total. The van der Waals surface area contributed by atoms with Crippen molar-refractivity contribution in [2.45, 2.75) is 19.3 Å². The summed E-state index contributed by atoms with van der Waals surface area (Å²) in [5.41, 5.74) is 5.15. The van der Waals surface area contributed by atoms with E-state index in [1.54, 1.807) is 12.3 Å². The third-order valence-corrected chi connectivity index (χ3v) is 4.71. The van der Waals surface area contributed by atoms with Gasteiger partial charge in [-0.2, -0.15) is 5.10 Å². The molecule has 1 amide bonds. The normalized spacial score (nSPS) is 14.1. The topological polar surface area (TPSA) is 83.4 Å². The minimum Gasteiger partial charge on any atom is -0.341 e. The van der Waals surface area contributed by atoms with Gasteiger partial charge >= 0.3 is 0 Å². The van der Waals surface area contributed by atoms with Gasteiger partial charge in [0, 0.05) is 24.8 Å². The van der Waals surface area contributed by atoms with E-state index >= 15 is 0 Å². The molecule has 0 atom stereocenters. The van der Waals surface area contributed by atoms with Gasteiger partial charge in [0.1, 0.15) is 5.69 Å². The molecule has 0 spiro atoms. The molecule has 4 rings (SSSR count). The van der Waals surface area contributed by atoms with Crippen LogP contribution in [0.15, 0.2) is 65.9 Å². The fourth-order valence-electron chi connectivity index (χ4n) is 3.21. The summed E-state index contributed by atoms with van der Waals surface area (Å²) >= 11 is 0. The van der Waals surface area contributed by atoms with Crippen molar-refractivity contribution in [3.8, 4) is 11.3 Å². The van der Waals surface area contributed by atoms with Gasteiger partial charge in [-0.3, -0.25) is 9.78 Å². The Balaban J connectivity index is 1.60. The number of nitrogens with one attached hydrogen (secondary N) is 1. The van der Waals surface area contributed by atoms with Crippen LogP contribution in [0.25, 0.3) is 11.3 Å². The molecule has 1 aliphatic rings. The molecule has 0 bridgehead atoms. The van der Waals surface area contributed by atoms with Gasteiger partial charge in [-0.05, 0) is 37.5 Å². The molecule has 3 heterocycles. The Morgan fingerprint density at radius 1 is 1.00 bits per heavy atom. The van der Waals surface area contributed by atoms with E-state index in [-0.39, 0.29) is 11.6 Å². The number of carbonyl (C=O) groups excluding carboxylic acids is 1. The largest absolute Gasteiger partial charge is 0.341 e. The van der Waals surface area contributed by atoms with Crippen molar-refractivity contribution in [2.24, 2.45) is 5.10 Å². The van der Waals surface area contributed by atoms with E-state index in [1.807, 2.05) is 48.5 Å². The second-order valence-electron chi connectivity index (χ2n) is 6.81. The van der Waals surface area contributed by atoms with Gasteiger partial charge in [-0.15, -0.1) is 0 Å². The van der Waals surface area contributed by atoms with Crippen molar-refractivity contribution in [3.63, 3.8) is 0 Å². The van der Waals surface area contributed by atoms with E-state index in [4.69, 9.17) is 4.98 Å². The van der Waals surface area contributed by atoms with E-state index in [1.165, 1.54) is 12.6 Å². The Hall–Kier alpha value is -3.61. The van der Waals surface area contributed by atoms with Gasteiger partial charge in [0.05, 0.1) is 17.6 Å². The van der Waals surface area contributed by atoms with Crippen LogP contribution in [0.4, 0.5) is 5.95 Å². The van der Waals surface area contributed by atoms with Crippen molar-refractivity contribution >= 4 is 18.1 Å². The molecule has 0 unspecified atom stereocenters. The Bertz CT molecular complexity index is 985. The first-order valence-electron chi connectivity index (χ1n) is 9.73. The predicted molar refractivity (Wildman–Crippen MR) is 113 cm³/mol. The standard InChI is InChI=1S/C22H22N6O/c29-21(27-24-16-18-11-5-6-12-23-18)20-15-19(17-9-3-1-4-10-17)25-22(26-20)28-13-7-2-8-14-28/h1,3-6,9-12,15-16H,2,7-8,13-14H2,(H,27,29)/b24-16+. The summed E-state index contributed by atoms with van der Waals surface area (Å²) in [5.74, 6) is 0.208. The zero-order chi connectivity index (χ0) is 19.9. The van der Waals surface area contributed by atoms with Crippen LogP contribution in [0.2, 0.25) is 0 Å². The Kier molecular flexibility index (Phi) is 5.85. The summed E-state index contributed by atoms with van der Waals surface area (Å²) in [6, 6.07) is 17.0. The number of nitrogens with zero attached hydrogens (tertiary/aromatic N) is 5. The van der Waals surface area contributed by atoms with Crippen LogP contribution < -0.4 is 10.3 Å². The van der Waals surface area contributed by atoms with Gasteiger partial charge in [0.25, 0.3) is 5.91 Å². The molecule has 1 fully saturated rings. The quantitative estimate of drug-likeness (QED) is 0.537. The van der Waals surface area contributed by atoms with Crippen molar-refractivity contribution in [2.75, 3.05) is 18.0 Å². The monoisotopic (exact) mass is 386 g/mol. The molecule has 0 radical (unpaired) electrons. The molecule has 1 aliphatic heterocycles. The number of carbonyl (C=O) groups is 1. The molecule has 29 heavy (non-hydrogen) atoms. The maximum Gasteiger partial charge on any atom is 0.290 e. The summed E-state index contributed by atoms with van der Waals surface area (Å²) in [6.45, 7) is 1.80. The highest BCUT2D eigenvalue weighted by Gasteiger charge is 2.18. The van der Waals surface area contributed by atoms with Gasteiger partial charge < -0.3 is 4.90 Å². The van der Waals surface area contributed by atoms with Gasteiger partial charge in [0.15, 0.2) is 0 Å². The average Bonchev–Trinajstić information content (AvgIpc) is 2.80. The second kappa shape index (κ2) is 9.05. The molecular weight excluding hydrogens is 364 g/mol. The summed E-state index contributed by atoms with van der Waals surface area (Å²) in [5, 5.41) is 4.00. The maximum absolute atomic E-state index is 12.7. The SMILES string of the molecule is O=C(N/N=C/c1ccccn1)c1cc(-c2ccccc2)nc(N2CCCCC2)n1. The van der Waals surface area contributed by atoms with Crippen molar-refractivity contribution in [3.05, 3.63) is 72.2 Å². The van der Waals surface area contributed by atoms with Crippen LogP contribution in [0, 0.1) is 0 Å². The lowest BCUT2D eigenvalue weighted by Gasteiger charge is -2.27. The summed E-state index contributed by atoms with van der Waals surface area (Å²) < 4.78 is 0. The third-order valence-electron chi connectivity index (χ3n) is 4.71. The Labute approximate surface area is 169 Å². The number of rotatable bonds is 5. The molecule has 2 aromatic heterocycles. The Morgan fingerprint density at radius 2 is 1.79 bits per heavy atom. The van der Waals surface area contributed by atoms with E-state index in [0.717, 1.165) is 37.2 Å². The minimum absolute atomic E-state index is 0.289. The fourth-order valence-corrected chi connectivity index (χ4v) is 3.21. The lowest BCUT2D eigenvalue weighted by atomic mass is 10.1. The van der Waals surface area contributed by atoms with Crippen LogP contribution >= 0.6 is 0 Å². The fraction of sp³-hybridized carbons (Fsp3) is 0.227. The van der Waals surface area contributed by atoms with Gasteiger partial charge in [-0.1, -0.05) is 36.4 Å². The van der Waals surface area contributed by atoms with E-state index in [9.17, 15) is 4.79 Å². The van der Waals surface area contributed by atoms with Gasteiger partial charge in [-0.25, -0.2) is 15.4 Å². The molecular formula is C22H22N6O. The van der Waals surface area contributed by atoms with E-state index in [2.05, 4.69) is 25.4 Å². The molecule has 1 saturated heterocycles. The number of hydrazone groups is 1. The Morgan fingerprint density at radius 3 is 2.55 bits per heavy atom. The maximum atomic E-state index is 12.7. The first-order chi connectivity index (χ1) is 14.3. The molecule has 7 heteroatoms. The number of amides is 1. The average molecular weight is 386 g/mol. The third kappa shape index (κ3) is 4.82. The zero-order valence-electron chi connectivity index (χ0n) is 16.0. The highest BCUT2D eigenvalue weighted by Crippen LogP contribution is 2.22. The van der Waals surface area contributed by atoms with E-state index < -0.39 is 0 Å². The predicted octanol–water partition coefficient (Wildman–Crippen LogP) is 3.29. The molecule has 0 saturated carbocycles. The number of piperidine rings is 1. The smallest absolute Gasteiger partial charge is 0.290 e. The van der Waals surface area contributed by atoms with Gasteiger partial charge in [0.2, 0.25) is 5.95 Å². The minimum atomic E-state index is -0.380. The molecule has 1 aromatic carbocycles. The van der Waals surface area contributed by atoms with Crippen LogP contribution in [0.3, 0.4) is 0 Å².